The second-order valence-corrected chi connectivity index (χ2v) is 6.03. The van der Waals surface area contributed by atoms with Gasteiger partial charge in [0.25, 0.3) is 0 Å². The van der Waals surface area contributed by atoms with Crippen LogP contribution in [0.15, 0.2) is 23.1 Å². The summed E-state index contributed by atoms with van der Waals surface area (Å²) in [7, 11) is -2.84. The molecular formula is C11H12FN3O4S. The van der Waals surface area contributed by atoms with Gasteiger partial charge in [0, 0.05) is 7.05 Å². The Morgan fingerprint density at radius 3 is 2.55 bits per heavy atom. The quantitative estimate of drug-likeness (QED) is 0.574. The number of imide groups is 1. The second-order valence-electron chi connectivity index (χ2n) is 4.35. The molecule has 1 aromatic rings. The highest BCUT2D eigenvalue weighted by atomic mass is 32.2. The van der Waals surface area contributed by atoms with Crippen LogP contribution in [0.5, 0.6) is 0 Å². The molecule has 2 amide bonds. The Morgan fingerprint density at radius 1 is 1.40 bits per heavy atom. The molecule has 2 rings (SSSR count). The number of carbonyl (C=O) groups is 2. The van der Waals surface area contributed by atoms with E-state index in [1.807, 2.05) is 0 Å². The molecule has 0 spiro atoms. The summed E-state index contributed by atoms with van der Waals surface area (Å²) >= 11 is 0. The zero-order valence-electron chi connectivity index (χ0n) is 10.5. The zero-order chi connectivity index (χ0) is 15.1. The van der Waals surface area contributed by atoms with Gasteiger partial charge in [-0.25, -0.2) is 12.8 Å². The third kappa shape index (κ3) is 2.49. The molecule has 1 aliphatic heterocycles. The van der Waals surface area contributed by atoms with Gasteiger partial charge in [0.2, 0.25) is 21.8 Å². The molecular weight excluding hydrogens is 289 g/mol. The normalized spacial score (nSPS) is 19.7. The van der Waals surface area contributed by atoms with Gasteiger partial charge in [-0.2, -0.15) is 4.72 Å². The van der Waals surface area contributed by atoms with Crippen LogP contribution in [0.2, 0.25) is 0 Å². The largest absolute Gasteiger partial charge is 0.398 e. The predicted molar refractivity (Wildman–Crippen MR) is 67.3 cm³/mol. The Hall–Kier alpha value is -2.00. The fourth-order valence-corrected chi connectivity index (χ4v) is 3.16. The van der Waals surface area contributed by atoms with E-state index in [1.54, 1.807) is 0 Å². The molecule has 9 heteroatoms. The number of nitrogens with two attached hydrogens (primary N) is 1. The number of likely N-dealkylation sites (tertiary alicyclic amines) is 1. The van der Waals surface area contributed by atoms with E-state index < -0.39 is 33.7 Å². The summed E-state index contributed by atoms with van der Waals surface area (Å²) in [6.45, 7) is 0. The highest BCUT2D eigenvalue weighted by molar-refractivity contribution is 7.89. The average Bonchev–Trinajstić information content (AvgIpc) is 2.56. The number of nitrogens with one attached hydrogen (secondary N) is 1. The molecule has 0 radical (unpaired) electrons. The second kappa shape index (κ2) is 4.84. The number of likely N-dealkylation sites (N-methyl/N-ethyl adjacent to an activating group) is 1. The van der Waals surface area contributed by atoms with Crippen LogP contribution in [0, 0.1) is 5.82 Å². The smallest absolute Gasteiger partial charge is 0.247 e. The molecule has 0 aromatic heterocycles. The fourth-order valence-electron chi connectivity index (χ4n) is 1.86. The number of hydrogen-bond donors (Lipinski definition) is 2. The third-order valence-electron chi connectivity index (χ3n) is 2.94. The molecule has 3 N–H and O–H groups in total. The van der Waals surface area contributed by atoms with Crippen molar-refractivity contribution in [2.45, 2.75) is 17.4 Å². The molecule has 1 saturated heterocycles. The lowest BCUT2D eigenvalue weighted by Crippen LogP contribution is -2.40. The number of carbonyl (C=O) groups excluding carboxylic acids is 2. The average molecular weight is 301 g/mol. The van der Waals surface area contributed by atoms with Crippen molar-refractivity contribution < 1.29 is 22.4 Å². The molecule has 1 aromatic carbocycles. The van der Waals surface area contributed by atoms with Gasteiger partial charge in [0.15, 0.2) is 0 Å². The predicted octanol–water partition coefficient (Wildman–Crippen LogP) is -0.557. The van der Waals surface area contributed by atoms with E-state index in [0.717, 1.165) is 23.1 Å². The van der Waals surface area contributed by atoms with E-state index >= 15 is 0 Å². The molecule has 108 valence electrons. The number of anilines is 1. The van der Waals surface area contributed by atoms with E-state index in [-0.39, 0.29) is 17.0 Å². The number of rotatable bonds is 3. The van der Waals surface area contributed by atoms with Gasteiger partial charge in [-0.3, -0.25) is 14.5 Å². The van der Waals surface area contributed by atoms with Gasteiger partial charge in [-0.1, -0.05) is 0 Å². The first kappa shape index (κ1) is 14.4. The van der Waals surface area contributed by atoms with Crippen molar-refractivity contribution in [2.75, 3.05) is 12.8 Å². The molecule has 0 bridgehead atoms. The first-order valence-corrected chi connectivity index (χ1v) is 7.08. The van der Waals surface area contributed by atoms with Crippen molar-refractivity contribution in [3.05, 3.63) is 24.0 Å². The third-order valence-corrected chi connectivity index (χ3v) is 4.49. The summed E-state index contributed by atoms with van der Waals surface area (Å²) < 4.78 is 39.2. The lowest BCUT2D eigenvalue weighted by Gasteiger charge is -2.13. The summed E-state index contributed by atoms with van der Waals surface area (Å²) in [4.78, 5) is 23.5. The van der Waals surface area contributed by atoms with E-state index in [2.05, 4.69) is 4.72 Å². The summed E-state index contributed by atoms with van der Waals surface area (Å²) in [5, 5.41) is 0. The van der Waals surface area contributed by atoms with Crippen molar-refractivity contribution in [2.24, 2.45) is 0 Å². The van der Waals surface area contributed by atoms with Crippen LogP contribution in [-0.2, 0) is 19.6 Å². The van der Waals surface area contributed by atoms with Crippen molar-refractivity contribution in [1.29, 1.82) is 0 Å². The van der Waals surface area contributed by atoms with E-state index in [9.17, 15) is 22.4 Å². The Balaban J connectivity index is 2.28. The molecule has 1 aliphatic rings. The Kier molecular flexibility index (Phi) is 3.48. The van der Waals surface area contributed by atoms with Crippen molar-refractivity contribution in [3.63, 3.8) is 0 Å². The van der Waals surface area contributed by atoms with E-state index in [0.29, 0.717) is 0 Å². The topological polar surface area (TPSA) is 110 Å². The fraction of sp³-hybridized carbons (Fsp3) is 0.273. The Morgan fingerprint density at radius 2 is 2.05 bits per heavy atom. The highest BCUT2D eigenvalue weighted by Gasteiger charge is 2.39. The van der Waals surface area contributed by atoms with Gasteiger partial charge in [-0.15, -0.1) is 0 Å². The number of hydrogen-bond acceptors (Lipinski definition) is 5. The first-order valence-electron chi connectivity index (χ1n) is 5.60. The standard InChI is InChI=1S/C11H12FN3O4S/c1-15-10(16)5-8(11(15)17)14-20(18,19)9-3-2-6(12)4-7(9)13/h2-4,8,14H,5,13H2,1H3. The van der Waals surface area contributed by atoms with Crippen LogP contribution < -0.4 is 10.5 Å². The number of sulfonamides is 1. The van der Waals surface area contributed by atoms with Gasteiger partial charge >= 0.3 is 0 Å². The van der Waals surface area contributed by atoms with Crippen molar-refractivity contribution in [3.8, 4) is 0 Å². The molecule has 1 atom stereocenters. The number of nitrogens with zero attached hydrogens (tertiary/aromatic N) is 1. The van der Waals surface area contributed by atoms with Crippen LogP contribution in [0.4, 0.5) is 10.1 Å². The number of benzene rings is 1. The maximum atomic E-state index is 12.9. The first-order chi connectivity index (χ1) is 9.22. The summed E-state index contributed by atoms with van der Waals surface area (Å²) in [5.74, 6) is -1.79. The van der Waals surface area contributed by atoms with Crippen molar-refractivity contribution in [1.82, 2.24) is 9.62 Å². The highest BCUT2D eigenvalue weighted by Crippen LogP contribution is 2.21. The summed E-state index contributed by atoms with van der Waals surface area (Å²) in [5.41, 5.74) is 5.17. The van der Waals surface area contributed by atoms with Crippen LogP contribution in [0.1, 0.15) is 6.42 Å². The minimum Gasteiger partial charge on any atom is -0.398 e. The lowest BCUT2D eigenvalue weighted by atomic mass is 10.3. The summed E-state index contributed by atoms with van der Waals surface area (Å²) in [6, 6.07) is 1.64. The lowest BCUT2D eigenvalue weighted by molar-refractivity contribution is -0.137. The van der Waals surface area contributed by atoms with Gasteiger partial charge in [0.1, 0.15) is 16.8 Å². The van der Waals surface area contributed by atoms with Crippen LogP contribution in [-0.4, -0.2) is 38.2 Å². The SMILES string of the molecule is CN1C(=O)CC(NS(=O)(=O)c2ccc(F)cc2N)C1=O. The summed E-state index contributed by atoms with van der Waals surface area (Å²) in [6.07, 6.45) is -0.254. The number of amides is 2. The van der Waals surface area contributed by atoms with Crippen LogP contribution in [0.25, 0.3) is 0 Å². The van der Waals surface area contributed by atoms with Gasteiger partial charge in [0.05, 0.1) is 12.1 Å². The zero-order valence-corrected chi connectivity index (χ0v) is 11.3. The van der Waals surface area contributed by atoms with E-state index in [4.69, 9.17) is 5.73 Å². The molecule has 20 heavy (non-hydrogen) atoms. The maximum absolute atomic E-state index is 12.9. The van der Waals surface area contributed by atoms with Crippen molar-refractivity contribution >= 4 is 27.5 Å². The molecule has 0 saturated carbocycles. The molecule has 7 nitrogen and oxygen atoms in total. The monoisotopic (exact) mass is 301 g/mol. The molecule has 1 heterocycles. The van der Waals surface area contributed by atoms with Gasteiger partial charge in [-0.05, 0) is 18.2 Å². The van der Waals surface area contributed by atoms with Crippen LogP contribution in [0.3, 0.4) is 0 Å². The molecule has 0 aliphatic carbocycles. The van der Waals surface area contributed by atoms with E-state index in [1.165, 1.54) is 7.05 Å². The number of nitrogen functional groups attached to an aromatic ring is 1. The Labute approximate surface area is 114 Å². The Bertz CT molecular complexity index is 689. The molecule has 1 fully saturated rings. The van der Waals surface area contributed by atoms with Crippen LogP contribution >= 0.6 is 0 Å². The minimum atomic E-state index is -4.11. The molecule has 1 unspecified atom stereocenters. The maximum Gasteiger partial charge on any atom is 0.247 e. The van der Waals surface area contributed by atoms with Gasteiger partial charge < -0.3 is 5.73 Å². The number of halogens is 1. The minimum absolute atomic E-state index is 0.254.